The highest BCUT2D eigenvalue weighted by molar-refractivity contribution is 5.87. The van der Waals surface area contributed by atoms with E-state index in [1.807, 2.05) is 43.3 Å². The van der Waals surface area contributed by atoms with E-state index in [2.05, 4.69) is 38.2 Å². The van der Waals surface area contributed by atoms with Crippen molar-refractivity contribution in [2.75, 3.05) is 6.61 Å². The van der Waals surface area contributed by atoms with Crippen LogP contribution in [-0.4, -0.2) is 28.7 Å². The molecule has 3 aromatic rings. The van der Waals surface area contributed by atoms with Crippen LogP contribution in [0.1, 0.15) is 140 Å². The third-order valence-electron chi connectivity index (χ3n) is 8.77. The Balaban J connectivity index is 0.000000364. The minimum Gasteiger partial charge on any atom is -0.494 e. The summed E-state index contributed by atoms with van der Waals surface area (Å²) < 4.78 is 11.5. The molecule has 0 unspecified atom stereocenters. The van der Waals surface area contributed by atoms with Gasteiger partial charge < -0.3 is 14.6 Å². The smallest absolute Gasteiger partial charge is 0.335 e. The molecule has 3 rings (SSSR count). The average molecular weight is 714 g/mol. The third-order valence-corrected chi connectivity index (χ3v) is 8.77. The van der Waals surface area contributed by atoms with Crippen molar-refractivity contribution in [3.8, 4) is 22.6 Å². The van der Waals surface area contributed by atoms with Crippen molar-refractivity contribution in [3.05, 3.63) is 113 Å². The quantitative estimate of drug-likeness (QED) is 0.0385. The summed E-state index contributed by atoms with van der Waals surface area (Å²) in [6, 6.07) is 21.4. The summed E-state index contributed by atoms with van der Waals surface area (Å²) in [4.78, 5) is 21.8. The predicted octanol–water partition coefficient (Wildman–Crippen LogP) is 13.6. The van der Waals surface area contributed by atoms with E-state index in [4.69, 9.17) is 14.6 Å². The van der Waals surface area contributed by atoms with Gasteiger partial charge in [-0.2, -0.15) is 0 Å². The standard InChI is InChI=1S/C25H38O3.C20H25NO3/c1-2-3-4-5-6-7-8-9-10-11-12-13-14-15-16-17-22-28-24-20-18-23(19-21-24)25(26)27;1-3-4-5-7-10-16(2)24-20-14-13-18(15-19(20)21(22)23)17-11-8-6-9-12-17/h6-7,9-10,18-21H,2-5,8,11-17,22H2,1H3,(H,26,27);6,8-9,11-16H,3-5,7,10H2,1-2H3/b7-6-,10-9-;/t;16-/m.0/s1. The molecule has 7 nitrogen and oxygen atoms in total. The monoisotopic (exact) mass is 713 g/mol. The summed E-state index contributed by atoms with van der Waals surface area (Å²) in [7, 11) is 0. The Bertz CT molecular complexity index is 1430. The molecule has 0 saturated carbocycles. The maximum atomic E-state index is 11.4. The Kier molecular flexibility index (Phi) is 23.8. The number of unbranched alkanes of at least 4 members (excludes halogenated alkanes) is 12. The third kappa shape index (κ3) is 19.9. The van der Waals surface area contributed by atoms with Gasteiger partial charge in [-0.25, -0.2) is 4.79 Å². The second-order valence-electron chi connectivity index (χ2n) is 13.3. The van der Waals surface area contributed by atoms with E-state index in [1.54, 1.807) is 36.4 Å². The van der Waals surface area contributed by atoms with Crippen molar-refractivity contribution in [1.82, 2.24) is 0 Å². The molecule has 0 aromatic heterocycles. The van der Waals surface area contributed by atoms with Crippen LogP contribution in [0.3, 0.4) is 0 Å². The van der Waals surface area contributed by atoms with Gasteiger partial charge in [-0.1, -0.05) is 132 Å². The topological polar surface area (TPSA) is 98.9 Å². The number of rotatable bonds is 26. The Morgan fingerprint density at radius 2 is 1.33 bits per heavy atom. The normalized spacial score (nSPS) is 11.7. The number of carboxylic acids is 1. The van der Waals surface area contributed by atoms with Crippen molar-refractivity contribution in [3.63, 3.8) is 0 Å². The molecule has 0 aliphatic heterocycles. The molecule has 284 valence electrons. The first-order valence-corrected chi connectivity index (χ1v) is 19.6. The fourth-order valence-electron chi connectivity index (χ4n) is 5.68. The molecule has 0 amide bonds. The van der Waals surface area contributed by atoms with Gasteiger partial charge >= 0.3 is 11.7 Å². The Labute approximate surface area is 313 Å². The van der Waals surface area contributed by atoms with Crippen LogP contribution in [0.15, 0.2) is 97.1 Å². The van der Waals surface area contributed by atoms with Crippen LogP contribution in [0.2, 0.25) is 0 Å². The van der Waals surface area contributed by atoms with Gasteiger partial charge in [0.2, 0.25) is 0 Å². The first-order chi connectivity index (χ1) is 25.3. The number of aromatic carboxylic acids is 1. The summed E-state index contributed by atoms with van der Waals surface area (Å²) in [5, 5.41) is 20.3. The lowest BCUT2D eigenvalue weighted by Gasteiger charge is -2.15. The number of ether oxygens (including phenoxy) is 2. The van der Waals surface area contributed by atoms with Crippen LogP contribution in [0.25, 0.3) is 11.1 Å². The first kappa shape index (κ1) is 43.8. The van der Waals surface area contributed by atoms with Gasteiger partial charge in [0.25, 0.3) is 0 Å². The van der Waals surface area contributed by atoms with Gasteiger partial charge in [0.05, 0.1) is 23.2 Å². The molecule has 52 heavy (non-hydrogen) atoms. The van der Waals surface area contributed by atoms with Crippen LogP contribution in [-0.2, 0) is 0 Å². The van der Waals surface area contributed by atoms with E-state index in [0.29, 0.717) is 17.9 Å². The molecule has 0 radical (unpaired) electrons. The van der Waals surface area contributed by atoms with E-state index in [-0.39, 0.29) is 16.7 Å². The molecule has 1 N–H and O–H groups in total. The maximum absolute atomic E-state index is 11.4. The SMILES string of the molecule is CCCCC/C=C\C/C=C\CCCCCCCCOc1ccc(C(=O)O)cc1.CCCCCC[C@H](C)Oc1ccc(-c2ccccc2)cc1[N+](=O)[O-]. The molecule has 0 saturated heterocycles. The lowest BCUT2D eigenvalue weighted by Crippen LogP contribution is -2.12. The van der Waals surface area contributed by atoms with Crippen molar-refractivity contribution in [2.24, 2.45) is 0 Å². The van der Waals surface area contributed by atoms with Crippen molar-refractivity contribution < 1.29 is 24.3 Å². The number of benzene rings is 3. The highest BCUT2D eigenvalue weighted by Crippen LogP contribution is 2.33. The number of hydrogen-bond acceptors (Lipinski definition) is 5. The van der Waals surface area contributed by atoms with E-state index >= 15 is 0 Å². The predicted molar refractivity (Wildman–Crippen MR) is 216 cm³/mol. The summed E-state index contributed by atoms with van der Waals surface area (Å²) in [6.45, 7) is 7.09. The number of nitro benzene ring substituents is 1. The van der Waals surface area contributed by atoms with Crippen LogP contribution in [0.5, 0.6) is 11.5 Å². The highest BCUT2D eigenvalue weighted by atomic mass is 16.6. The second kappa shape index (κ2) is 28.2. The van der Waals surface area contributed by atoms with Gasteiger partial charge in [0.1, 0.15) is 5.75 Å². The molecule has 3 aromatic carbocycles. The van der Waals surface area contributed by atoms with E-state index in [9.17, 15) is 14.9 Å². The zero-order valence-electron chi connectivity index (χ0n) is 32.0. The largest absolute Gasteiger partial charge is 0.494 e. The molecular formula is C45H63NO6. The minimum atomic E-state index is -0.906. The minimum absolute atomic E-state index is 0.0248. The number of hydrogen-bond donors (Lipinski definition) is 1. The number of carbonyl (C=O) groups is 1. The summed E-state index contributed by atoms with van der Waals surface area (Å²) >= 11 is 0. The number of nitrogens with zero attached hydrogens (tertiary/aromatic N) is 1. The number of allylic oxidation sites excluding steroid dienone is 4. The zero-order valence-corrected chi connectivity index (χ0v) is 32.0. The van der Waals surface area contributed by atoms with Gasteiger partial charge in [-0.3, -0.25) is 10.1 Å². The van der Waals surface area contributed by atoms with Crippen LogP contribution < -0.4 is 9.47 Å². The lowest BCUT2D eigenvalue weighted by molar-refractivity contribution is -0.386. The zero-order chi connectivity index (χ0) is 37.7. The highest BCUT2D eigenvalue weighted by Gasteiger charge is 2.18. The number of carboxylic acid groups (broad SMARTS) is 1. The number of nitro groups is 1. The van der Waals surface area contributed by atoms with E-state index in [0.717, 1.165) is 42.6 Å². The van der Waals surface area contributed by atoms with Gasteiger partial charge in [-0.05, 0) is 99.7 Å². The fraction of sp³-hybridized carbons (Fsp3) is 0.489. The average Bonchev–Trinajstić information content (AvgIpc) is 3.15. The Hall–Kier alpha value is -4.39. The van der Waals surface area contributed by atoms with E-state index < -0.39 is 5.97 Å². The summed E-state index contributed by atoms with van der Waals surface area (Å²) in [5.74, 6) is 0.187. The maximum Gasteiger partial charge on any atom is 0.335 e. The molecule has 1 atom stereocenters. The molecule has 0 aliphatic rings. The molecule has 0 fully saturated rings. The van der Waals surface area contributed by atoms with Crippen molar-refractivity contribution in [2.45, 2.75) is 136 Å². The molecule has 0 bridgehead atoms. The molecule has 0 spiro atoms. The fourth-order valence-corrected chi connectivity index (χ4v) is 5.68. The van der Waals surface area contributed by atoms with Gasteiger partial charge in [0.15, 0.2) is 5.75 Å². The lowest BCUT2D eigenvalue weighted by atomic mass is 10.0. The van der Waals surface area contributed by atoms with Crippen LogP contribution >= 0.6 is 0 Å². The summed E-state index contributed by atoms with van der Waals surface area (Å²) in [5.41, 5.74) is 2.10. The Morgan fingerprint density at radius 1 is 0.731 bits per heavy atom. The summed E-state index contributed by atoms with van der Waals surface area (Å²) in [6.07, 6.45) is 29.6. The van der Waals surface area contributed by atoms with Crippen LogP contribution in [0, 0.1) is 10.1 Å². The second-order valence-corrected chi connectivity index (χ2v) is 13.3. The molecular weight excluding hydrogens is 650 g/mol. The van der Waals surface area contributed by atoms with Gasteiger partial charge in [-0.15, -0.1) is 0 Å². The molecule has 0 heterocycles. The van der Waals surface area contributed by atoms with Gasteiger partial charge in [0, 0.05) is 6.07 Å². The van der Waals surface area contributed by atoms with Crippen LogP contribution in [0.4, 0.5) is 5.69 Å². The van der Waals surface area contributed by atoms with Crippen molar-refractivity contribution >= 4 is 11.7 Å². The molecule has 7 heteroatoms. The molecule has 0 aliphatic carbocycles. The van der Waals surface area contributed by atoms with Crippen molar-refractivity contribution in [1.29, 1.82) is 0 Å². The Morgan fingerprint density at radius 3 is 1.96 bits per heavy atom. The van der Waals surface area contributed by atoms with E-state index in [1.165, 1.54) is 83.5 Å². The first-order valence-electron chi connectivity index (χ1n) is 19.6.